The molecule has 2 nitrogen and oxygen atoms in total. The zero-order valence-corrected chi connectivity index (χ0v) is 15.5. The summed E-state index contributed by atoms with van der Waals surface area (Å²) < 4.78 is 0. The molecule has 2 aromatic rings. The van der Waals surface area contributed by atoms with Gasteiger partial charge in [0.1, 0.15) is 5.41 Å². The van der Waals surface area contributed by atoms with Crippen molar-refractivity contribution < 1.29 is 4.79 Å². The summed E-state index contributed by atoms with van der Waals surface area (Å²) in [6.45, 7) is 5.15. The Morgan fingerprint density at radius 1 is 0.840 bits per heavy atom. The Hall–Kier alpha value is -2.09. The van der Waals surface area contributed by atoms with Crippen LogP contribution in [-0.2, 0) is 10.2 Å². The normalized spacial score (nSPS) is 14.0. The number of hydrogen-bond acceptors (Lipinski definition) is 1. The summed E-state index contributed by atoms with van der Waals surface area (Å²) in [7, 11) is 0. The van der Waals surface area contributed by atoms with Gasteiger partial charge in [0.25, 0.3) is 0 Å². The minimum atomic E-state index is -0.535. The standard InChI is InChI=1S/C23H29NO/c1-3-5-6-11-17-24-22(25)23(16-4-2)20-14-9-7-12-18(20)19-13-8-10-15-21(19)23/h7-10,12-15H,3-6,11,16-17H2,1-2H3,(H,24,25). The lowest BCUT2D eigenvalue weighted by Crippen LogP contribution is -2.44. The van der Waals surface area contributed by atoms with Gasteiger partial charge in [0, 0.05) is 6.54 Å². The zero-order valence-electron chi connectivity index (χ0n) is 15.5. The van der Waals surface area contributed by atoms with Crippen LogP contribution in [0.4, 0.5) is 0 Å². The summed E-state index contributed by atoms with van der Waals surface area (Å²) in [4.78, 5) is 13.4. The number of unbranched alkanes of at least 4 members (excludes halogenated alkanes) is 3. The molecular formula is C23H29NO. The van der Waals surface area contributed by atoms with Crippen molar-refractivity contribution in [3.05, 3.63) is 59.7 Å². The molecule has 0 aliphatic heterocycles. The summed E-state index contributed by atoms with van der Waals surface area (Å²) in [5.41, 5.74) is 4.24. The smallest absolute Gasteiger partial charge is 0.235 e. The van der Waals surface area contributed by atoms with Gasteiger partial charge in [-0.15, -0.1) is 0 Å². The van der Waals surface area contributed by atoms with E-state index in [0.717, 1.165) is 25.8 Å². The topological polar surface area (TPSA) is 29.1 Å². The molecule has 1 aliphatic rings. The molecule has 1 amide bonds. The van der Waals surface area contributed by atoms with E-state index in [9.17, 15) is 4.79 Å². The van der Waals surface area contributed by atoms with Gasteiger partial charge in [-0.2, -0.15) is 0 Å². The second-order valence-electron chi connectivity index (χ2n) is 7.06. The molecule has 2 heteroatoms. The average molecular weight is 335 g/mol. The Labute approximate surface area is 151 Å². The highest BCUT2D eigenvalue weighted by Gasteiger charge is 2.47. The van der Waals surface area contributed by atoms with Crippen molar-refractivity contribution in [1.82, 2.24) is 5.32 Å². The largest absolute Gasteiger partial charge is 0.355 e. The van der Waals surface area contributed by atoms with Crippen LogP contribution in [0.15, 0.2) is 48.5 Å². The van der Waals surface area contributed by atoms with Crippen LogP contribution in [0.3, 0.4) is 0 Å². The fourth-order valence-electron chi connectivity index (χ4n) is 4.23. The Morgan fingerprint density at radius 3 is 2.00 bits per heavy atom. The van der Waals surface area contributed by atoms with Gasteiger partial charge < -0.3 is 5.32 Å². The molecule has 0 saturated carbocycles. The quantitative estimate of drug-likeness (QED) is 0.639. The van der Waals surface area contributed by atoms with Crippen molar-refractivity contribution >= 4 is 5.91 Å². The van der Waals surface area contributed by atoms with Gasteiger partial charge in [0.2, 0.25) is 5.91 Å². The third-order valence-corrected chi connectivity index (χ3v) is 5.39. The molecule has 0 heterocycles. The van der Waals surface area contributed by atoms with Crippen molar-refractivity contribution in [3.63, 3.8) is 0 Å². The molecule has 1 N–H and O–H groups in total. The first-order valence-electron chi connectivity index (χ1n) is 9.73. The second-order valence-corrected chi connectivity index (χ2v) is 7.06. The highest BCUT2D eigenvalue weighted by atomic mass is 16.2. The molecular weight excluding hydrogens is 306 g/mol. The van der Waals surface area contributed by atoms with Crippen molar-refractivity contribution in [1.29, 1.82) is 0 Å². The van der Waals surface area contributed by atoms with E-state index in [1.807, 2.05) is 0 Å². The van der Waals surface area contributed by atoms with Gasteiger partial charge in [-0.05, 0) is 35.1 Å². The van der Waals surface area contributed by atoms with E-state index in [0.29, 0.717) is 0 Å². The van der Waals surface area contributed by atoms with Gasteiger partial charge in [-0.1, -0.05) is 88.1 Å². The number of hydrogen-bond donors (Lipinski definition) is 1. The highest BCUT2D eigenvalue weighted by molar-refractivity contribution is 6.00. The molecule has 0 radical (unpaired) electrons. The molecule has 0 atom stereocenters. The van der Waals surface area contributed by atoms with Gasteiger partial charge in [0.15, 0.2) is 0 Å². The van der Waals surface area contributed by atoms with E-state index < -0.39 is 5.41 Å². The summed E-state index contributed by atoms with van der Waals surface area (Å²) in [5.74, 6) is 0.170. The third-order valence-electron chi connectivity index (χ3n) is 5.39. The van der Waals surface area contributed by atoms with Crippen LogP contribution in [0.5, 0.6) is 0 Å². The molecule has 132 valence electrons. The van der Waals surface area contributed by atoms with E-state index in [2.05, 4.69) is 67.7 Å². The molecule has 2 aromatic carbocycles. The van der Waals surface area contributed by atoms with Crippen LogP contribution in [0.25, 0.3) is 11.1 Å². The lowest BCUT2D eigenvalue weighted by Gasteiger charge is -2.30. The molecule has 25 heavy (non-hydrogen) atoms. The zero-order chi connectivity index (χ0) is 17.7. The number of benzene rings is 2. The second kappa shape index (κ2) is 7.86. The molecule has 0 aromatic heterocycles. The highest BCUT2D eigenvalue weighted by Crippen LogP contribution is 2.51. The number of carbonyl (C=O) groups is 1. The summed E-state index contributed by atoms with van der Waals surface area (Å²) in [6, 6.07) is 16.8. The molecule has 0 unspecified atom stereocenters. The molecule has 0 spiro atoms. The monoisotopic (exact) mass is 335 g/mol. The van der Waals surface area contributed by atoms with E-state index >= 15 is 0 Å². The van der Waals surface area contributed by atoms with Gasteiger partial charge in [-0.3, -0.25) is 4.79 Å². The molecule has 0 saturated heterocycles. The first-order chi connectivity index (χ1) is 12.3. The number of rotatable bonds is 8. The summed E-state index contributed by atoms with van der Waals surface area (Å²) in [6.07, 6.45) is 6.53. The van der Waals surface area contributed by atoms with Crippen molar-refractivity contribution in [2.24, 2.45) is 0 Å². The van der Waals surface area contributed by atoms with Crippen molar-refractivity contribution in [2.75, 3.05) is 6.54 Å². The number of amides is 1. The Morgan fingerprint density at radius 2 is 1.44 bits per heavy atom. The molecule has 0 fully saturated rings. The van der Waals surface area contributed by atoms with E-state index in [1.54, 1.807) is 0 Å². The lowest BCUT2D eigenvalue weighted by atomic mass is 9.74. The van der Waals surface area contributed by atoms with E-state index in [-0.39, 0.29) is 5.91 Å². The predicted octanol–water partition coefficient (Wildman–Crippen LogP) is 5.45. The average Bonchev–Trinajstić information content (AvgIpc) is 2.93. The molecule has 3 rings (SSSR count). The van der Waals surface area contributed by atoms with Crippen LogP contribution in [0.2, 0.25) is 0 Å². The van der Waals surface area contributed by atoms with Crippen molar-refractivity contribution in [2.45, 2.75) is 57.8 Å². The number of fused-ring (bicyclic) bond motifs is 3. The number of nitrogens with one attached hydrogen (secondary N) is 1. The summed E-state index contributed by atoms with van der Waals surface area (Å²) >= 11 is 0. The van der Waals surface area contributed by atoms with Crippen LogP contribution >= 0.6 is 0 Å². The Bertz CT molecular complexity index is 689. The molecule has 1 aliphatic carbocycles. The minimum Gasteiger partial charge on any atom is -0.355 e. The van der Waals surface area contributed by atoms with E-state index in [4.69, 9.17) is 0 Å². The maximum atomic E-state index is 13.4. The number of carbonyl (C=O) groups excluding carboxylic acids is 1. The Balaban J connectivity index is 1.95. The Kier molecular flexibility index (Phi) is 5.57. The third kappa shape index (κ3) is 3.10. The van der Waals surface area contributed by atoms with Gasteiger partial charge in [-0.25, -0.2) is 0 Å². The predicted molar refractivity (Wildman–Crippen MR) is 105 cm³/mol. The van der Waals surface area contributed by atoms with E-state index in [1.165, 1.54) is 41.5 Å². The maximum Gasteiger partial charge on any atom is 0.235 e. The summed E-state index contributed by atoms with van der Waals surface area (Å²) in [5, 5.41) is 3.25. The van der Waals surface area contributed by atoms with Crippen LogP contribution in [0, 0.1) is 0 Å². The van der Waals surface area contributed by atoms with Crippen LogP contribution in [0.1, 0.15) is 63.5 Å². The van der Waals surface area contributed by atoms with Gasteiger partial charge >= 0.3 is 0 Å². The first-order valence-corrected chi connectivity index (χ1v) is 9.73. The lowest BCUT2D eigenvalue weighted by molar-refractivity contribution is -0.125. The van der Waals surface area contributed by atoms with Gasteiger partial charge in [0.05, 0.1) is 0 Å². The maximum absolute atomic E-state index is 13.4. The SMILES string of the molecule is CCCCCCNC(=O)C1(CCC)c2ccccc2-c2ccccc21. The fourth-order valence-corrected chi connectivity index (χ4v) is 4.23. The minimum absolute atomic E-state index is 0.170. The fraction of sp³-hybridized carbons (Fsp3) is 0.435. The van der Waals surface area contributed by atoms with Crippen LogP contribution < -0.4 is 5.32 Å². The van der Waals surface area contributed by atoms with Crippen molar-refractivity contribution in [3.8, 4) is 11.1 Å². The first kappa shape index (κ1) is 17.7. The molecule has 0 bridgehead atoms. The van der Waals surface area contributed by atoms with Crippen LogP contribution in [-0.4, -0.2) is 12.5 Å².